The highest BCUT2D eigenvalue weighted by Crippen LogP contribution is 2.24. The van der Waals surface area contributed by atoms with Crippen LogP contribution in [0.3, 0.4) is 0 Å². The van der Waals surface area contributed by atoms with Crippen molar-refractivity contribution in [1.82, 2.24) is 0 Å². The average Bonchev–Trinajstić information content (AvgIpc) is 1.87. The number of rotatable bonds is 3. The predicted octanol–water partition coefficient (Wildman–Crippen LogP) is 2.53. The van der Waals surface area contributed by atoms with Crippen LogP contribution in [0.2, 0.25) is 0 Å². The lowest BCUT2D eigenvalue weighted by Crippen LogP contribution is -2.24. The van der Waals surface area contributed by atoms with Gasteiger partial charge in [0.2, 0.25) is 0 Å². The Bertz CT molecular complexity index is 137. The van der Waals surface area contributed by atoms with E-state index >= 15 is 0 Å². The Morgan fingerprint density at radius 3 is 2.45 bits per heavy atom. The monoisotopic (exact) mass is 220 g/mol. The van der Waals surface area contributed by atoms with Crippen molar-refractivity contribution < 1.29 is 14.3 Å². The van der Waals surface area contributed by atoms with E-state index in [1.54, 1.807) is 6.92 Å². The molecule has 0 heterocycles. The van der Waals surface area contributed by atoms with Gasteiger partial charge in [-0.05, 0) is 6.92 Å². The van der Waals surface area contributed by atoms with Crippen LogP contribution < -0.4 is 0 Å². The van der Waals surface area contributed by atoms with Crippen LogP contribution in [0.5, 0.6) is 0 Å². The van der Waals surface area contributed by atoms with Gasteiger partial charge in [-0.3, -0.25) is 0 Å². The van der Waals surface area contributed by atoms with E-state index < -0.39 is 10.7 Å². The zero-order valence-electron chi connectivity index (χ0n) is 5.77. The summed E-state index contributed by atoms with van der Waals surface area (Å²) in [6, 6.07) is 0. The molecular formula is C5H7Cl3O3. The maximum absolute atomic E-state index is 10.5. The molecule has 0 aromatic rings. The number of carbonyl (C=O) groups is 1. The maximum atomic E-state index is 10.5. The van der Waals surface area contributed by atoms with Gasteiger partial charge >= 0.3 is 6.16 Å². The summed E-state index contributed by atoms with van der Waals surface area (Å²) in [5.74, 6) is -0.213. The van der Waals surface area contributed by atoms with Gasteiger partial charge in [0.25, 0.3) is 4.52 Å². The van der Waals surface area contributed by atoms with Gasteiger partial charge in [0.15, 0.2) is 0 Å². The van der Waals surface area contributed by atoms with Crippen molar-refractivity contribution in [2.24, 2.45) is 0 Å². The Hall–Kier alpha value is 0.140. The van der Waals surface area contributed by atoms with Crippen molar-refractivity contribution in [3.63, 3.8) is 0 Å². The molecule has 0 radical (unpaired) electrons. The van der Waals surface area contributed by atoms with Gasteiger partial charge in [-0.25, -0.2) is 4.79 Å². The smallest absolute Gasteiger partial charge is 0.435 e. The Kier molecular flexibility index (Phi) is 4.97. The number of alkyl halides is 3. The lowest BCUT2D eigenvalue weighted by Gasteiger charge is -2.15. The van der Waals surface area contributed by atoms with Crippen molar-refractivity contribution in [2.45, 2.75) is 11.4 Å². The summed E-state index contributed by atoms with van der Waals surface area (Å²) in [5.41, 5.74) is 0. The predicted molar refractivity (Wildman–Crippen MR) is 43.3 cm³/mol. The first-order valence-electron chi connectivity index (χ1n) is 2.81. The van der Waals surface area contributed by atoms with Crippen molar-refractivity contribution >= 4 is 41.0 Å². The van der Waals surface area contributed by atoms with Gasteiger partial charge in [0.1, 0.15) is 0 Å². The molecule has 0 rings (SSSR count). The summed E-state index contributed by atoms with van der Waals surface area (Å²) in [7, 11) is 0. The fourth-order valence-electron chi connectivity index (χ4n) is 0.297. The number of ether oxygens (including phenoxy) is 2. The second kappa shape index (κ2) is 4.91. The molecule has 0 spiro atoms. The third-order valence-corrected chi connectivity index (χ3v) is 1.72. The van der Waals surface area contributed by atoms with Crippen molar-refractivity contribution in [3.8, 4) is 0 Å². The molecule has 66 valence electrons. The minimum atomic E-state index is -1.70. The molecule has 3 nitrogen and oxygen atoms in total. The number of halogens is 3. The van der Waals surface area contributed by atoms with E-state index in [2.05, 4.69) is 9.47 Å². The molecule has 0 aliphatic rings. The summed E-state index contributed by atoms with van der Waals surface area (Å²) < 4.78 is 7.06. The van der Waals surface area contributed by atoms with E-state index in [4.69, 9.17) is 34.8 Å². The molecule has 11 heavy (non-hydrogen) atoms. The Morgan fingerprint density at radius 1 is 1.55 bits per heavy atom. The lowest BCUT2D eigenvalue weighted by atomic mass is 10.8. The molecule has 0 saturated heterocycles. The Balaban J connectivity index is 3.74. The second-order valence-corrected chi connectivity index (χ2v) is 3.24. The Labute approximate surface area is 79.5 Å². The lowest BCUT2D eigenvalue weighted by molar-refractivity contribution is 0.0433. The van der Waals surface area contributed by atoms with Gasteiger partial charge in [0.05, 0.1) is 12.5 Å². The van der Waals surface area contributed by atoms with Crippen LogP contribution in [-0.4, -0.2) is 23.2 Å². The summed E-state index contributed by atoms with van der Waals surface area (Å²) in [5, 5.41) is 0. The second-order valence-electron chi connectivity index (χ2n) is 1.56. The first kappa shape index (κ1) is 11.1. The molecule has 0 N–H and O–H groups in total. The van der Waals surface area contributed by atoms with E-state index in [-0.39, 0.29) is 12.5 Å². The van der Waals surface area contributed by atoms with Crippen LogP contribution in [0.4, 0.5) is 4.79 Å². The first-order chi connectivity index (χ1) is 5.02. The molecule has 0 aliphatic carbocycles. The normalized spacial score (nSPS) is 10.9. The fraction of sp³-hybridized carbons (Fsp3) is 0.800. The zero-order valence-corrected chi connectivity index (χ0v) is 8.04. The standard InChI is InChI=1S/C5H7Cl3O3/c1-2-10-4(9)11-5(7,8)3-6/h2-3H2,1H3. The third-order valence-electron chi connectivity index (χ3n) is 0.650. The van der Waals surface area contributed by atoms with Crippen molar-refractivity contribution in [3.05, 3.63) is 0 Å². The van der Waals surface area contributed by atoms with E-state index in [9.17, 15) is 4.79 Å². The molecule has 6 heteroatoms. The van der Waals surface area contributed by atoms with Gasteiger partial charge in [-0.2, -0.15) is 0 Å². The van der Waals surface area contributed by atoms with Gasteiger partial charge < -0.3 is 9.47 Å². The van der Waals surface area contributed by atoms with Crippen LogP contribution in [0.25, 0.3) is 0 Å². The summed E-state index contributed by atoms with van der Waals surface area (Å²) >= 11 is 16.0. The van der Waals surface area contributed by atoms with Crippen molar-refractivity contribution in [1.29, 1.82) is 0 Å². The Morgan fingerprint density at radius 2 is 2.09 bits per heavy atom. The van der Waals surface area contributed by atoms with Crippen molar-refractivity contribution in [2.75, 3.05) is 12.5 Å². The fourth-order valence-corrected chi connectivity index (χ4v) is 0.477. The summed E-state index contributed by atoms with van der Waals surface area (Å²) in [4.78, 5) is 10.5. The molecule has 0 saturated carbocycles. The number of carbonyl (C=O) groups excluding carboxylic acids is 1. The van der Waals surface area contributed by atoms with Gasteiger partial charge in [-0.1, -0.05) is 23.2 Å². The molecular weight excluding hydrogens is 214 g/mol. The van der Waals surface area contributed by atoms with Crippen LogP contribution >= 0.6 is 34.8 Å². The number of hydrogen-bond acceptors (Lipinski definition) is 3. The molecule has 0 bridgehead atoms. The molecule has 0 atom stereocenters. The largest absolute Gasteiger partial charge is 0.510 e. The van der Waals surface area contributed by atoms with Gasteiger partial charge in [-0.15, -0.1) is 11.6 Å². The van der Waals surface area contributed by atoms with E-state index in [1.165, 1.54) is 0 Å². The molecule has 0 unspecified atom stereocenters. The first-order valence-corrected chi connectivity index (χ1v) is 4.10. The third kappa shape index (κ3) is 5.41. The SMILES string of the molecule is CCOC(=O)OC(Cl)(Cl)CCl. The highest BCUT2D eigenvalue weighted by molar-refractivity contribution is 6.50. The topological polar surface area (TPSA) is 35.5 Å². The highest BCUT2D eigenvalue weighted by atomic mass is 35.5. The molecule has 0 fully saturated rings. The maximum Gasteiger partial charge on any atom is 0.510 e. The van der Waals surface area contributed by atoms with Crippen LogP contribution in [0.15, 0.2) is 0 Å². The van der Waals surface area contributed by atoms with Gasteiger partial charge in [0, 0.05) is 0 Å². The van der Waals surface area contributed by atoms with Crippen LogP contribution in [0.1, 0.15) is 6.92 Å². The van der Waals surface area contributed by atoms with Crippen LogP contribution in [-0.2, 0) is 9.47 Å². The molecule has 0 aromatic heterocycles. The molecule has 0 aliphatic heterocycles. The average molecular weight is 221 g/mol. The van der Waals surface area contributed by atoms with E-state index in [0.717, 1.165) is 0 Å². The van der Waals surface area contributed by atoms with E-state index in [0.29, 0.717) is 0 Å². The summed E-state index contributed by atoms with van der Waals surface area (Å²) in [6.07, 6.45) is -0.932. The number of hydrogen-bond donors (Lipinski definition) is 0. The molecule has 0 aromatic carbocycles. The highest BCUT2D eigenvalue weighted by Gasteiger charge is 2.28. The minimum absolute atomic E-state index is 0.199. The van der Waals surface area contributed by atoms with Crippen LogP contribution in [0, 0.1) is 0 Å². The zero-order chi connectivity index (χ0) is 8.91. The quantitative estimate of drug-likeness (QED) is 0.543. The van der Waals surface area contributed by atoms with E-state index in [1.807, 2.05) is 0 Å². The minimum Gasteiger partial charge on any atom is -0.435 e. The molecule has 0 amide bonds. The summed E-state index contributed by atoms with van der Waals surface area (Å²) in [6.45, 7) is 1.83.